The molecule has 1 N–H and O–H groups in total. The first kappa shape index (κ1) is 27.6. The summed E-state index contributed by atoms with van der Waals surface area (Å²) in [5.74, 6) is -0.129. The highest BCUT2D eigenvalue weighted by molar-refractivity contribution is 5.89. The van der Waals surface area contributed by atoms with Gasteiger partial charge in [-0.1, -0.05) is 12.1 Å². The number of rotatable bonds is 5. The lowest BCUT2D eigenvalue weighted by Gasteiger charge is -2.45. The van der Waals surface area contributed by atoms with Crippen LogP contribution in [0.2, 0.25) is 0 Å². The number of alkyl halides is 3. The van der Waals surface area contributed by atoms with E-state index < -0.39 is 11.7 Å². The van der Waals surface area contributed by atoms with Crippen LogP contribution in [0.1, 0.15) is 48.2 Å². The molecule has 2 fully saturated rings. The number of nitrogens with zero attached hydrogens (tertiary/aromatic N) is 5. The summed E-state index contributed by atoms with van der Waals surface area (Å²) in [6.45, 7) is 7.14. The summed E-state index contributed by atoms with van der Waals surface area (Å²) < 4.78 is 43.2. The Hall–Kier alpha value is -3.41. The molecule has 0 radical (unpaired) electrons. The van der Waals surface area contributed by atoms with Gasteiger partial charge in [0.15, 0.2) is 0 Å². The molecule has 0 saturated carbocycles. The molecule has 0 unspecified atom stereocenters. The predicted octanol–water partition coefficient (Wildman–Crippen LogP) is 3.56. The van der Waals surface area contributed by atoms with Crippen molar-refractivity contribution < 1.29 is 27.5 Å². The topological polar surface area (TPSA) is 90.9 Å². The van der Waals surface area contributed by atoms with E-state index in [1.54, 1.807) is 17.0 Å². The van der Waals surface area contributed by atoms with Crippen molar-refractivity contribution in [1.82, 2.24) is 25.1 Å². The average molecular weight is 535 g/mol. The molecule has 2 aliphatic heterocycles. The smallest absolute Gasteiger partial charge is 0.419 e. The summed E-state index contributed by atoms with van der Waals surface area (Å²) in [6.07, 6.45) is -1.24. The van der Waals surface area contributed by atoms with Crippen LogP contribution in [0.4, 0.5) is 23.9 Å². The van der Waals surface area contributed by atoms with E-state index in [4.69, 9.17) is 4.74 Å². The highest BCUT2D eigenvalue weighted by Crippen LogP contribution is 2.29. The number of amides is 2. The Morgan fingerprint density at radius 1 is 1.03 bits per heavy atom. The minimum absolute atomic E-state index is 0.0659. The number of piperazine rings is 1. The van der Waals surface area contributed by atoms with E-state index in [-0.39, 0.29) is 36.1 Å². The second kappa shape index (κ2) is 11.5. The lowest BCUT2D eigenvalue weighted by atomic mass is 10.0. The van der Waals surface area contributed by atoms with E-state index in [0.717, 1.165) is 50.4 Å². The van der Waals surface area contributed by atoms with E-state index >= 15 is 0 Å². The molecule has 2 saturated heterocycles. The Morgan fingerprint density at radius 2 is 1.61 bits per heavy atom. The monoisotopic (exact) mass is 534 g/mol. The summed E-state index contributed by atoms with van der Waals surface area (Å²) in [5, 5.41) is 3.17. The number of hydrogen-bond donors (Lipinski definition) is 1. The third kappa shape index (κ3) is 6.53. The van der Waals surface area contributed by atoms with Gasteiger partial charge in [0.2, 0.25) is 5.95 Å². The van der Waals surface area contributed by atoms with Crippen LogP contribution in [-0.4, -0.2) is 83.2 Å². The summed E-state index contributed by atoms with van der Waals surface area (Å²) in [5.41, 5.74) is 0.745. The van der Waals surface area contributed by atoms with Gasteiger partial charge in [-0.2, -0.15) is 13.2 Å². The number of piperidine rings is 1. The lowest BCUT2D eigenvalue weighted by Crippen LogP contribution is -2.62. The Kier molecular flexibility index (Phi) is 8.39. The summed E-state index contributed by atoms with van der Waals surface area (Å²) in [6, 6.07) is 6.98. The number of urea groups is 1. The maximum absolute atomic E-state index is 13.2. The number of ether oxygens (including phenoxy) is 1. The zero-order valence-corrected chi connectivity index (χ0v) is 21.7. The molecular formula is C26H33F3N6O3. The molecule has 0 bridgehead atoms. The van der Waals surface area contributed by atoms with Gasteiger partial charge in [-0.15, -0.1) is 0 Å². The fourth-order valence-corrected chi connectivity index (χ4v) is 5.12. The van der Waals surface area contributed by atoms with Crippen LogP contribution < -0.4 is 10.2 Å². The van der Waals surface area contributed by atoms with E-state index in [1.807, 2.05) is 30.9 Å². The Morgan fingerprint density at radius 3 is 2.13 bits per heavy atom. The maximum atomic E-state index is 13.2. The fourth-order valence-electron chi connectivity index (χ4n) is 5.12. The molecule has 2 aromatic rings. The zero-order chi connectivity index (χ0) is 27.4. The van der Waals surface area contributed by atoms with Crippen molar-refractivity contribution in [3.05, 3.63) is 53.3 Å². The summed E-state index contributed by atoms with van der Waals surface area (Å²) >= 11 is 0. The molecule has 1 aromatic heterocycles. The number of aromatic nitrogens is 2. The molecule has 38 heavy (non-hydrogen) atoms. The van der Waals surface area contributed by atoms with Gasteiger partial charge in [-0.3, -0.25) is 4.90 Å². The van der Waals surface area contributed by atoms with Gasteiger partial charge in [0.05, 0.1) is 18.2 Å². The predicted molar refractivity (Wildman–Crippen MR) is 135 cm³/mol. The number of carbonyl (C=O) groups excluding carboxylic acids is 2. The number of nitrogens with one attached hydrogen (secondary N) is 1. The SMILES string of the molecule is COC(=O)c1ccc(CN2CCC(NC(=O)N3[C@H](C)CN(c4ncc(C(F)(F)F)cn4)C[C@@H]3C)CC2)cc1. The van der Waals surface area contributed by atoms with Crippen molar-refractivity contribution in [2.75, 3.05) is 38.2 Å². The second-order valence-corrected chi connectivity index (χ2v) is 9.97. The van der Waals surface area contributed by atoms with Crippen molar-refractivity contribution in [1.29, 1.82) is 0 Å². The van der Waals surface area contributed by atoms with Crippen LogP contribution in [-0.2, 0) is 17.5 Å². The number of methoxy groups -OCH3 is 1. The van der Waals surface area contributed by atoms with E-state index in [1.165, 1.54) is 7.11 Å². The first-order valence-corrected chi connectivity index (χ1v) is 12.7. The van der Waals surface area contributed by atoms with Gasteiger partial charge in [0.1, 0.15) is 0 Å². The summed E-state index contributed by atoms with van der Waals surface area (Å²) in [4.78, 5) is 38.5. The number of carbonyl (C=O) groups is 2. The molecule has 2 amide bonds. The van der Waals surface area contributed by atoms with Crippen LogP contribution >= 0.6 is 0 Å². The molecule has 4 rings (SSSR count). The van der Waals surface area contributed by atoms with Crippen molar-refractivity contribution in [3.8, 4) is 0 Å². The minimum Gasteiger partial charge on any atom is -0.465 e. The van der Waals surface area contributed by atoms with E-state index in [2.05, 4.69) is 20.2 Å². The van der Waals surface area contributed by atoms with E-state index in [0.29, 0.717) is 18.7 Å². The Labute approximate surface area is 220 Å². The van der Waals surface area contributed by atoms with Gasteiger partial charge >= 0.3 is 18.2 Å². The molecule has 12 heteroatoms. The average Bonchev–Trinajstić information content (AvgIpc) is 2.89. The normalized spacial score (nSPS) is 21.3. The number of esters is 1. The molecule has 1 aromatic carbocycles. The third-order valence-electron chi connectivity index (χ3n) is 7.10. The number of hydrogen-bond acceptors (Lipinski definition) is 7. The van der Waals surface area contributed by atoms with Gasteiger partial charge < -0.3 is 19.9 Å². The fraction of sp³-hybridized carbons (Fsp3) is 0.538. The molecular weight excluding hydrogens is 501 g/mol. The van der Waals surface area contributed by atoms with Crippen molar-refractivity contribution >= 4 is 17.9 Å². The van der Waals surface area contributed by atoms with Crippen LogP contribution in [0, 0.1) is 0 Å². The van der Waals surface area contributed by atoms with Gasteiger partial charge in [-0.25, -0.2) is 19.6 Å². The molecule has 0 spiro atoms. The minimum atomic E-state index is -4.48. The Bertz CT molecular complexity index is 1090. The molecule has 3 heterocycles. The number of halogens is 3. The van der Waals surface area contributed by atoms with Crippen molar-refractivity contribution in [3.63, 3.8) is 0 Å². The standard InChI is InChI=1S/C26H33F3N6O3/c1-17-14-34(24-30-12-21(13-31-24)26(27,28)29)15-18(2)35(17)25(37)32-22-8-10-33(11-9-22)16-19-4-6-20(7-5-19)23(36)38-3/h4-7,12-13,17-18,22H,8-11,14-16H2,1-3H3,(H,32,37)/t17-,18+. The molecule has 2 aliphatic rings. The van der Waals surface area contributed by atoms with Crippen LogP contribution in [0.25, 0.3) is 0 Å². The number of benzene rings is 1. The Balaban J connectivity index is 1.25. The van der Waals surface area contributed by atoms with Gasteiger partial charge in [0.25, 0.3) is 0 Å². The molecule has 2 atom stereocenters. The number of anilines is 1. The first-order chi connectivity index (χ1) is 18.0. The molecule has 206 valence electrons. The van der Waals surface area contributed by atoms with Crippen molar-refractivity contribution in [2.24, 2.45) is 0 Å². The zero-order valence-electron chi connectivity index (χ0n) is 21.7. The largest absolute Gasteiger partial charge is 0.465 e. The first-order valence-electron chi connectivity index (χ1n) is 12.7. The second-order valence-electron chi connectivity index (χ2n) is 9.97. The van der Waals surface area contributed by atoms with Gasteiger partial charge in [0, 0.05) is 63.2 Å². The summed E-state index contributed by atoms with van der Waals surface area (Å²) in [7, 11) is 1.36. The molecule has 0 aliphatic carbocycles. The maximum Gasteiger partial charge on any atom is 0.419 e. The number of likely N-dealkylation sites (tertiary alicyclic amines) is 1. The van der Waals surface area contributed by atoms with Gasteiger partial charge in [-0.05, 0) is 44.4 Å². The lowest BCUT2D eigenvalue weighted by molar-refractivity contribution is -0.138. The quantitative estimate of drug-likeness (QED) is 0.587. The highest BCUT2D eigenvalue weighted by Gasteiger charge is 2.36. The highest BCUT2D eigenvalue weighted by atomic mass is 19.4. The van der Waals surface area contributed by atoms with Crippen molar-refractivity contribution in [2.45, 2.75) is 57.5 Å². The molecule has 9 nitrogen and oxygen atoms in total. The third-order valence-corrected chi connectivity index (χ3v) is 7.10. The van der Waals surface area contributed by atoms with Crippen LogP contribution in [0.3, 0.4) is 0 Å². The van der Waals surface area contributed by atoms with E-state index in [9.17, 15) is 22.8 Å². The van der Waals surface area contributed by atoms with Crippen LogP contribution in [0.15, 0.2) is 36.7 Å². The van der Waals surface area contributed by atoms with Crippen LogP contribution in [0.5, 0.6) is 0 Å².